The molecule has 0 fully saturated rings. The first-order valence-electron chi connectivity index (χ1n) is 15.1. The minimum atomic E-state index is -0.165. The molecule has 0 N–H and O–H groups in total. The number of rotatable bonds is 2. The summed E-state index contributed by atoms with van der Waals surface area (Å²) >= 11 is 0. The van der Waals surface area contributed by atoms with Crippen molar-refractivity contribution in [1.82, 2.24) is 9.55 Å². The highest BCUT2D eigenvalue weighted by Gasteiger charge is 2.40. The SMILES string of the molecule is Cc1nc2ccccc2n1-c1cccc(-c2cc3c(c4ccccc24)-c2c(c4ccccc4c4ccccc24)C3(C)C)c1. The standard InChI is InChI=1S/C41H30N2/c1-25-42-36-21-10-11-22-37(36)43(25)27-14-12-13-26(23-27)34-24-35-38(31-18-7-5-17-30(31)34)39-32-19-8-4-15-28(32)29-16-6-9-20-33(29)40(39)41(35,2)3/h4-24H,1-3H3. The van der Waals surface area contributed by atoms with Gasteiger partial charge in [0.1, 0.15) is 5.82 Å². The van der Waals surface area contributed by atoms with E-state index in [4.69, 9.17) is 4.98 Å². The van der Waals surface area contributed by atoms with Crippen molar-refractivity contribution in [3.05, 3.63) is 144 Å². The maximum atomic E-state index is 4.84. The Bertz CT molecular complexity index is 2440. The number of benzene rings is 7. The first-order valence-corrected chi connectivity index (χ1v) is 15.1. The Morgan fingerprint density at radius 3 is 1.93 bits per heavy atom. The fraction of sp³-hybridized carbons (Fsp3) is 0.0976. The number of fused-ring (bicyclic) bond motifs is 11. The van der Waals surface area contributed by atoms with Crippen molar-refractivity contribution in [2.75, 3.05) is 0 Å². The summed E-state index contributed by atoms with van der Waals surface area (Å²) in [6.07, 6.45) is 0. The number of imidazole rings is 1. The summed E-state index contributed by atoms with van der Waals surface area (Å²) in [4.78, 5) is 4.84. The van der Waals surface area contributed by atoms with Gasteiger partial charge in [0, 0.05) is 11.1 Å². The van der Waals surface area contributed by atoms with Crippen molar-refractivity contribution in [2.24, 2.45) is 0 Å². The Balaban J connectivity index is 1.36. The van der Waals surface area contributed by atoms with Crippen LogP contribution in [0.2, 0.25) is 0 Å². The topological polar surface area (TPSA) is 17.8 Å². The molecule has 0 saturated heterocycles. The van der Waals surface area contributed by atoms with Gasteiger partial charge in [-0.3, -0.25) is 4.57 Å². The Kier molecular flexibility index (Phi) is 4.91. The van der Waals surface area contributed by atoms with Crippen LogP contribution in [0.1, 0.15) is 30.8 Å². The molecule has 204 valence electrons. The summed E-state index contributed by atoms with van der Waals surface area (Å²) in [5.41, 5.74) is 11.2. The second-order valence-corrected chi connectivity index (χ2v) is 12.4. The first kappa shape index (κ1) is 24.4. The van der Waals surface area contributed by atoms with Gasteiger partial charge < -0.3 is 0 Å². The molecule has 9 rings (SSSR count). The predicted octanol–water partition coefficient (Wildman–Crippen LogP) is 10.8. The molecule has 8 aromatic rings. The first-order chi connectivity index (χ1) is 21.0. The summed E-state index contributed by atoms with van der Waals surface area (Å²) in [6, 6.07) is 46.7. The van der Waals surface area contributed by atoms with E-state index in [1.807, 2.05) is 0 Å². The molecule has 0 unspecified atom stereocenters. The molecule has 2 nitrogen and oxygen atoms in total. The lowest BCUT2D eigenvalue weighted by atomic mass is 9.78. The number of hydrogen-bond donors (Lipinski definition) is 0. The Labute approximate surface area is 250 Å². The van der Waals surface area contributed by atoms with E-state index in [2.05, 4.69) is 153 Å². The van der Waals surface area contributed by atoms with Crippen LogP contribution >= 0.6 is 0 Å². The lowest BCUT2D eigenvalue weighted by molar-refractivity contribution is 0.667. The molecule has 0 radical (unpaired) electrons. The van der Waals surface area contributed by atoms with Crippen LogP contribution < -0.4 is 0 Å². The van der Waals surface area contributed by atoms with Gasteiger partial charge >= 0.3 is 0 Å². The molecule has 43 heavy (non-hydrogen) atoms. The summed E-state index contributed by atoms with van der Waals surface area (Å²) in [6.45, 7) is 6.91. The van der Waals surface area contributed by atoms with E-state index >= 15 is 0 Å². The van der Waals surface area contributed by atoms with Gasteiger partial charge in [0.05, 0.1) is 11.0 Å². The van der Waals surface area contributed by atoms with E-state index in [1.165, 1.54) is 65.7 Å². The highest BCUT2D eigenvalue weighted by molar-refractivity contribution is 6.22. The highest BCUT2D eigenvalue weighted by Crippen LogP contribution is 2.57. The third-order valence-electron chi connectivity index (χ3n) is 9.67. The average molecular weight is 551 g/mol. The van der Waals surface area contributed by atoms with Crippen LogP contribution in [0, 0.1) is 6.92 Å². The molecular weight excluding hydrogens is 520 g/mol. The third-order valence-corrected chi connectivity index (χ3v) is 9.67. The van der Waals surface area contributed by atoms with Crippen molar-refractivity contribution < 1.29 is 0 Å². The summed E-state index contributed by atoms with van der Waals surface area (Å²) in [5, 5.41) is 7.95. The zero-order chi connectivity index (χ0) is 28.9. The van der Waals surface area contributed by atoms with Crippen LogP contribution in [-0.2, 0) is 5.41 Å². The molecule has 0 spiro atoms. The predicted molar refractivity (Wildman–Crippen MR) is 181 cm³/mol. The van der Waals surface area contributed by atoms with E-state index < -0.39 is 0 Å². The molecule has 1 aliphatic rings. The lowest BCUT2D eigenvalue weighted by Gasteiger charge is -2.25. The van der Waals surface area contributed by atoms with Gasteiger partial charge in [-0.15, -0.1) is 0 Å². The quantitative estimate of drug-likeness (QED) is 0.196. The normalized spacial score (nSPS) is 13.7. The molecular formula is C41H30N2. The van der Waals surface area contributed by atoms with Crippen LogP contribution in [0.3, 0.4) is 0 Å². The number of aromatic nitrogens is 2. The zero-order valence-corrected chi connectivity index (χ0v) is 24.5. The second kappa shape index (κ2) is 8.65. The van der Waals surface area contributed by atoms with Gasteiger partial charge in [0.15, 0.2) is 0 Å². The number of para-hydroxylation sites is 2. The minimum Gasteiger partial charge on any atom is -0.297 e. The van der Waals surface area contributed by atoms with E-state index in [9.17, 15) is 0 Å². The molecule has 0 aliphatic heterocycles. The molecule has 0 bridgehead atoms. The van der Waals surface area contributed by atoms with Crippen molar-refractivity contribution in [2.45, 2.75) is 26.2 Å². The monoisotopic (exact) mass is 550 g/mol. The Hall–Kier alpha value is -5.21. The van der Waals surface area contributed by atoms with Gasteiger partial charge in [-0.1, -0.05) is 111 Å². The van der Waals surface area contributed by atoms with E-state index in [-0.39, 0.29) is 5.41 Å². The smallest absolute Gasteiger partial charge is 0.111 e. The third kappa shape index (κ3) is 3.26. The summed E-state index contributed by atoms with van der Waals surface area (Å²) in [7, 11) is 0. The molecule has 1 aromatic heterocycles. The average Bonchev–Trinajstić information content (AvgIpc) is 3.51. The number of aryl methyl sites for hydroxylation is 1. The van der Waals surface area contributed by atoms with Gasteiger partial charge in [0.25, 0.3) is 0 Å². The molecule has 0 atom stereocenters. The van der Waals surface area contributed by atoms with Gasteiger partial charge in [-0.05, 0) is 103 Å². The molecule has 0 saturated carbocycles. The minimum absolute atomic E-state index is 0.165. The van der Waals surface area contributed by atoms with Crippen molar-refractivity contribution >= 4 is 43.4 Å². The van der Waals surface area contributed by atoms with Crippen LogP contribution in [0.15, 0.2) is 127 Å². The molecule has 2 heteroatoms. The Morgan fingerprint density at radius 1 is 0.558 bits per heavy atom. The van der Waals surface area contributed by atoms with Crippen LogP contribution in [0.5, 0.6) is 0 Å². The molecule has 0 amide bonds. The largest absolute Gasteiger partial charge is 0.297 e. The number of hydrogen-bond acceptors (Lipinski definition) is 1. The van der Waals surface area contributed by atoms with E-state index in [0.29, 0.717) is 0 Å². The summed E-state index contributed by atoms with van der Waals surface area (Å²) < 4.78 is 2.27. The van der Waals surface area contributed by atoms with Crippen LogP contribution in [-0.4, -0.2) is 9.55 Å². The van der Waals surface area contributed by atoms with Crippen molar-refractivity contribution in [1.29, 1.82) is 0 Å². The number of nitrogens with zero attached hydrogens (tertiary/aromatic N) is 2. The Morgan fingerprint density at radius 2 is 1.16 bits per heavy atom. The lowest BCUT2D eigenvalue weighted by Crippen LogP contribution is -2.16. The maximum Gasteiger partial charge on any atom is 0.111 e. The molecule has 7 aromatic carbocycles. The highest BCUT2D eigenvalue weighted by atomic mass is 15.1. The molecule has 1 heterocycles. The van der Waals surface area contributed by atoms with Gasteiger partial charge in [-0.2, -0.15) is 0 Å². The van der Waals surface area contributed by atoms with Crippen molar-refractivity contribution in [3.8, 4) is 27.9 Å². The van der Waals surface area contributed by atoms with E-state index in [0.717, 1.165) is 22.5 Å². The van der Waals surface area contributed by atoms with Gasteiger partial charge in [0.2, 0.25) is 0 Å². The summed E-state index contributed by atoms with van der Waals surface area (Å²) in [5.74, 6) is 0.993. The van der Waals surface area contributed by atoms with Gasteiger partial charge in [-0.25, -0.2) is 4.98 Å². The fourth-order valence-corrected chi connectivity index (χ4v) is 7.85. The second-order valence-electron chi connectivity index (χ2n) is 12.4. The van der Waals surface area contributed by atoms with Crippen LogP contribution in [0.25, 0.3) is 71.3 Å². The maximum absolute atomic E-state index is 4.84. The van der Waals surface area contributed by atoms with Crippen LogP contribution in [0.4, 0.5) is 0 Å². The van der Waals surface area contributed by atoms with E-state index in [1.54, 1.807) is 0 Å². The fourth-order valence-electron chi connectivity index (χ4n) is 7.85. The zero-order valence-electron chi connectivity index (χ0n) is 24.5. The molecule has 1 aliphatic carbocycles. The van der Waals surface area contributed by atoms with Crippen molar-refractivity contribution in [3.63, 3.8) is 0 Å².